The molecule has 0 unspecified atom stereocenters. The van der Waals surface area contributed by atoms with Crippen LogP contribution in [0.25, 0.3) is 0 Å². The van der Waals surface area contributed by atoms with Crippen LogP contribution in [-0.2, 0) is 22.7 Å². The minimum absolute atomic E-state index is 0.0260. The SMILES string of the molecule is CC(C)C(=O)NCc1cc(Br)cc(CNC(=O)C(C)C)c1. The third kappa shape index (κ3) is 6.29. The first kappa shape index (κ1) is 17.7. The van der Waals surface area contributed by atoms with Crippen LogP contribution in [0.1, 0.15) is 38.8 Å². The van der Waals surface area contributed by atoms with Crippen molar-refractivity contribution >= 4 is 27.7 Å². The third-order valence-corrected chi connectivity index (χ3v) is 3.46. The second kappa shape index (κ2) is 8.17. The van der Waals surface area contributed by atoms with Crippen LogP contribution in [0.15, 0.2) is 22.7 Å². The average Bonchev–Trinajstić information content (AvgIpc) is 2.41. The summed E-state index contributed by atoms with van der Waals surface area (Å²) in [5, 5.41) is 5.78. The van der Waals surface area contributed by atoms with E-state index in [0.29, 0.717) is 13.1 Å². The Balaban J connectivity index is 2.67. The number of nitrogens with one attached hydrogen (secondary N) is 2. The third-order valence-electron chi connectivity index (χ3n) is 3.00. The molecule has 1 aromatic rings. The number of amides is 2. The van der Waals surface area contributed by atoms with Gasteiger partial charge in [-0.15, -0.1) is 0 Å². The molecule has 4 nitrogen and oxygen atoms in total. The highest BCUT2D eigenvalue weighted by Crippen LogP contribution is 2.16. The van der Waals surface area contributed by atoms with Crippen LogP contribution in [0.2, 0.25) is 0 Å². The zero-order chi connectivity index (χ0) is 16.0. The zero-order valence-electron chi connectivity index (χ0n) is 13.0. The van der Waals surface area contributed by atoms with Crippen LogP contribution in [0, 0.1) is 11.8 Å². The van der Waals surface area contributed by atoms with Gasteiger partial charge in [0.15, 0.2) is 0 Å². The lowest BCUT2D eigenvalue weighted by molar-refractivity contribution is -0.124. The first-order valence-corrected chi connectivity index (χ1v) is 7.92. The van der Waals surface area contributed by atoms with E-state index in [4.69, 9.17) is 0 Å². The lowest BCUT2D eigenvalue weighted by Gasteiger charge is -2.11. The Morgan fingerprint density at radius 3 is 1.62 bits per heavy atom. The smallest absolute Gasteiger partial charge is 0.222 e. The summed E-state index contributed by atoms with van der Waals surface area (Å²) in [6.45, 7) is 8.43. The van der Waals surface area contributed by atoms with Crippen molar-refractivity contribution in [2.75, 3.05) is 0 Å². The van der Waals surface area contributed by atoms with Gasteiger partial charge < -0.3 is 10.6 Å². The second-order valence-corrected chi connectivity index (χ2v) is 6.63. The van der Waals surface area contributed by atoms with Crippen molar-refractivity contribution in [1.29, 1.82) is 0 Å². The number of hydrogen-bond donors (Lipinski definition) is 2. The van der Waals surface area contributed by atoms with Crippen molar-refractivity contribution < 1.29 is 9.59 Å². The normalized spacial score (nSPS) is 10.8. The fourth-order valence-corrected chi connectivity index (χ4v) is 2.30. The molecule has 0 spiro atoms. The van der Waals surface area contributed by atoms with E-state index in [9.17, 15) is 9.59 Å². The molecule has 0 heterocycles. The van der Waals surface area contributed by atoms with E-state index >= 15 is 0 Å². The molecule has 0 atom stereocenters. The summed E-state index contributed by atoms with van der Waals surface area (Å²) in [6, 6.07) is 5.93. The molecule has 0 bridgehead atoms. The summed E-state index contributed by atoms with van der Waals surface area (Å²) in [5.74, 6) is 0.0122. The molecule has 2 amide bonds. The Bertz CT molecular complexity index is 471. The summed E-state index contributed by atoms with van der Waals surface area (Å²) in [4.78, 5) is 23.2. The molecule has 0 saturated heterocycles. The minimum atomic E-state index is -0.0260. The molecule has 5 heteroatoms. The molecule has 1 rings (SSSR count). The van der Waals surface area contributed by atoms with E-state index in [2.05, 4.69) is 26.6 Å². The van der Waals surface area contributed by atoms with E-state index in [1.807, 2.05) is 45.9 Å². The van der Waals surface area contributed by atoms with Crippen LogP contribution >= 0.6 is 15.9 Å². The van der Waals surface area contributed by atoms with Gasteiger partial charge in [-0.25, -0.2) is 0 Å². The molecule has 0 aliphatic carbocycles. The largest absolute Gasteiger partial charge is 0.352 e. The van der Waals surface area contributed by atoms with Crippen molar-refractivity contribution in [3.63, 3.8) is 0 Å². The highest BCUT2D eigenvalue weighted by molar-refractivity contribution is 9.10. The predicted molar refractivity (Wildman–Crippen MR) is 87.5 cm³/mol. The van der Waals surface area contributed by atoms with Crippen LogP contribution < -0.4 is 10.6 Å². The maximum atomic E-state index is 11.6. The molecule has 0 fully saturated rings. The summed E-state index contributed by atoms with van der Waals surface area (Å²) < 4.78 is 0.938. The molecule has 0 aliphatic heterocycles. The Morgan fingerprint density at radius 1 is 0.905 bits per heavy atom. The van der Waals surface area contributed by atoms with Crippen molar-refractivity contribution in [2.24, 2.45) is 11.8 Å². The van der Waals surface area contributed by atoms with E-state index in [0.717, 1.165) is 15.6 Å². The number of carbonyl (C=O) groups excluding carboxylic acids is 2. The number of benzene rings is 1. The van der Waals surface area contributed by atoms with Gasteiger partial charge in [-0.05, 0) is 23.3 Å². The van der Waals surface area contributed by atoms with Gasteiger partial charge in [0.05, 0.1) is 0 Å². The highest BCUT2D eigenvalue weighted by atomic mass is 79.9. The predicted octanol–water partition coefficient (Wildman–Crippen LogP) is 2.99. The monoisotopic (exact) mass is 354 g/mol. The van der Waals surface area contributed by atoms with Gasteiger partial charge in [0, 0.05) is 29.4 Å². The lowest BCUT2D eigenvalue weighted by Crippen LogP contribution is -2.28. The lowest BCUT2D eigenvalue weighted by atomic mass is 10.1. The summed E-state index contributed by atoms with van der Waals surface area (Å²) in [7, 11) is 0. The number of halogens is 1. The average molecular weight is 355 g/mol. The van der Waals surface area contributed by atoms with E-state index in [1.165, 1.54) is 0 Å². The molecule has 0 radical (unpaired) electrons. The fraction of sp³-hybridized carbons (Fsp3) is 0.500. The van der Waals surface area contributed by atoms with Crippen LogP contribution in [-0.4, -0.2) is 11.8 Å². The number of carbonyl (C=O) groups is 2. The maximum absolute atomic E-state index is 11.6. The van der Waals surface area contributed by atoms with Gasteiger partial charge in [0.25, 0.3) is 0 Å². The van der Waals surface area contributed by atoms with Gasteiger partial charge >= 0.3 is 0 Å². The Hall–Kier alpha value is -1.36. The van der Waals surface area contributed by atoms with Crippen LogP contribution in [0.3, 0.4) is 0 Å². The molecule has 116 valence electrons. The Labute approximate surface area is 134 Å². The standard InChI is InChI=1S/C16H23BrN2O2/c1-10(2)15(20)18-8-12-5-13(7-14(17)6-12)9-19-16(21)11(3)4/h5-7,10-11H,8-9H2,1-4H3,(H,18,20)(H,19,21). The summed E-state index contributed by atoms with van der Waals surface area (Å²) in [5.41, 5.74) is 2.01. The van der Waals surface area contributed by atoms with Crippen LogP contribution in [0.5, 0.6) is 0 Å². The van der Waals surface area contributed by atoms with Crippen molar-refractivity contribution in [3.8, 4) is 0 Å². The van der Waals surface area contributed by atoms with Gasteiger partial charge in [-0.3, -0.25) is 9.59 Å². The molecule has 0 aliphatic rings. The van der Waals surface area contributed by atoms with Gasteiger partial charge in [0.2, 0.25) is 11.8 Å². The van der Waals surface area contributed by atoms with Crippen LogP contribution in [0.4, 0.5) is 0 Å². The van der Waals surface area contributed by atoms with Crippen molar-refractivity contribution in [2.45, 2.75) is 40.8 Å². The first-order chi connectivity index (χ1) is 9.79. The zero-order valence-corrected chi connectivity index (χ0v) is 14.6. The quantitative estimate of drug-likeness (QED) is 0.824. The minimum Gasteiger partial charge on any atom is -0.352 e. The van der Waals surface area contributed by atoms with Crippen molar-refractivity contribution in [1.82, 2.24) is 10.6 Å². The number of hydrogen-bond acceptors (Lipinski definition) is 2. The maximum Gasteiger partial charge on any atom is 0.222 e. The first-order valence-electron chi connectivity index (χ1n) is 7.13. The fourth-order valence-electron chi connectivity index (χ4n) is 1.71. The molecular formula is C16H23BrN2O2. The molecular weight excluding hydrogens is 332 g/mol. The summed E-state index contributed by atoms with van der Waals surface area (Å²) in [6.07, 6.45) is 0. The second-order valence-electron chi connectivity index (χ2n) is 5.71. The molecule has 21 heavy (non-hydrogen) atoms. The topological polar surface area (TPSA) is 58.2 Å². The molecule has 1 aromatic carbocycles. The highest BCUT2D eigenvalue weighted by Gasteiger charge is 2.08. The van der Waals surface area contributed by atoms with E-state index in [-0.39, 0.29) is 23.7 Å². The van der Waals surface area contributed by atoms with E-state index in [1.54, 1.807) is 0 Å². The van der Waals surface area contributed by atoms with Gasteiger partial charge in [0.1, 0.15) is 0 Å². The Kier molecular flexibility index (Phi) is 6.89. The molecule has 0 saturated carbocycles. The van der Waals surface area contributed by atoms with Crippen molar-refractivity contribution in [3.05, 3.63) is 33.8 Å². The number of rotatable bonds is 6. The van der Waals surface area contributed by atoms with Gasteiger partial charge in [-0.2, -0.15) is 0 Å². The molecule has 2 N–H and O–H groups in total. The summed E-state index contributed by atoms with van der Waals surface area (Å²) >= 11 is 3.46. The Morgan fingerprint density at radius 2 is 1.29 bits per heavy atom. The van der Waals surface area contributed by atoms with Gasteiger partial charge in [-0.1, -0.05) is 49.7 Å². The van der Waals surface area contributed by atoms with E-state index < -0.39 is 0 Å². The molecule has 0 aromatic heterocycles.